The van der Waals surface area contributed by atoms with Crippen LogP contribution in [0.25, 0.3) is 0 Å². The summed E-state index contributed by atoms with van der Waals surface area (Å²) in [7, 11) is 1.00. The average Bonchev–Trinajstić information content (AvgIpc) is 2.08. The molecule has 0 heterocycles. The molecule has 0 aromatic heterocycles. The van der Waals surface area contributed by atoms with E-state index in [1.165, 1.54) is 6.92 Å². The first-order valence-electron chi connectivity index (χ1n) is 3.14. The van der Waals surface area contributed by atoms with Crippen molar-refractivity contribution >= 4 is 0 Å². The Hall–Kier alpha value is -0.200. The molecular weight excluding hydrogens is 152 g/mol. The average molecular weight is 170 g/mol. The quantitative estimate of drug-likeness (QED) is 0.328. The number of hydrogen-bond acceptors (Lipinski definition) is 5. The molecule has 1 unspecified atom stereocenters. The molecule has 0 saturated heterocycles. The third-order valence-electron chi connectivity index (χ3n) is 0.364. The zero-order chi connectivity index (χ0) is 9.70. The van der Waals surface area contributed by atoms with Crippen molar-refractivity contribution in [3.63, 3.8) is 0 Å². The standard InChI is InChI=1S/C3H8O2.C2H6O2.CH4O/c1-3(5)2-4;3-1-2-4;1-2/h3-5H,2H2,1H3;3-4H,1-2H2;2H,1H3. The second-order valence-corrected chi connectivity index (χ2v) is 1.48. The molecule has 0 aliphatic rings. The second-order valence-electron chi connectivity index (χ2n) is 1.48. The minimum atomic E-state index is -0.560. The van der Waals surface area contributed by atoms with Crippen molar-refractivity contribution in [2.75, 3.05) is 26.9 Å². The van der Waals surface area contributed by atoms with Crippen LogP contribution in [0.3, 0.4) is 0 Å². The molecule has 0 aliphatic heterocycles. The zero-order valence-electron chi connectivity index (χ0n) is 6.93. The topological polar surface area (TPSA) is 101 Å². The molecule has 0 aromatic rings. The third kappa shape index (κ3) is 76.1. The van der Waals surface area contributed by atoms with Crippen LogP contribution in [-0.2, 0) is 0 Å². The summed E-state index contributed by atoms with van der Waals surface area (Å²) in [6, 6.07) is 0. The Morgan fingerprint density at radius 1 is 1.00 bits per heavy atom. The molecule has 1 atom stereocenters. The summed E-state index contributed by atoms with van der Waals surface area (Å²) >= 11 is 0. The normalized spacial score (nSPS) is 10.1. The maximum Gasteiger partial charge on any atom is 0.0742 e. The van der Waals surface area contributed by atoms with Gasteiger partial charge in [-0.2, -0.15) is 0 Å². The van der Waals surface area contributed by atoms with E-state index in [1.54, 1.807) is 0 Å². The molecule has 0 saturated carbocycles. The fraction of sp³-hybridized carbons (Fsp3) is 1.00. The van der Waals surface area contributed by atoms with E-state index < -0.39 is 6.10 Å². The van der Waals surface area contributed by atoms with Gasteiger partial charge in [0, 0.05) is 7.11 Å². The fourth-order valence-corrected chi connectivity index (χ4v) is 0. The molecular formula is C6H18O5. The van der Waals surface area contributed by atoms with Crippen LogP contribution in [0, 0.1) is 0 Å². The molecule has 5 nitrogen and oxygen atoms in total. The Kier molecular flexibility index (Phi) is 35.0. The van der Waals surface area contributed by atoms with E-state index in [1.807, 2.05) is 0 Å². The Balaban J connectivity index is -0.0000000965. The molecule has 0 aliphatic carbocycles. The highest BCUT2D eigenvalue weighted by Crippen LogP contribution is 1.68. The SMILES string of the molecule is CC(O)CO.CO.OCCO. The Labute approximate surface area is 66.5 Å². The lowest BCUT2D eigenvalue weighted by atomic mass is 10.5. The maximum absolute atomic E-state index is 8.11. The maximum atomic E-state index is 8.11. The lowest BCUT2D eigenvalue weighted by molar-refractivity contribution is 0.110. The smallest absolute Gasteiger partial charge is 0.0742 e. The molecule has 0 aromatic carbocycles. The monoisotopic (exact) mass is 170 g/mol. The Morgan fingerprint density at radius 2 is 1.18 bits per heavy atom. The van der Waals surface area contributed by atoms with Crippen molar-refractivity contribution in [1.82, 2.24) is 0 Å². The first kappa shape index (κ1) is 17.0. The van der Waals surface area contributed by atoms with Crippen LogP contribution in [0.5, 0.6) is 0 Å². The van der Waals surface area contributed by atoms with Crippen LogP contribution in [0.2, 0.25) is 0 Å². The van der Waals surface area contributed by atoms with Gasteiger partial charge in [-0.25, -0.2) is 0 Å². The molecule has 5 N–H and O–H groups in total. The summed E-state index contributed by atoms with van der Waals surface area (Å²) in [5.41, 5.74) is 0. The van der Waals surface area contributed by atoms with Crippen molar-refractivity contribution in [3.8, 4) is 0 Å². The van der Waals surface area contributed by atoms with E-state index in [9.17, 15) is 0 Å². The highest BCUT2D eigenvalue weighted by molar-refractivity contribution is 4.34. The summed E-state index contributed by atoms with van der Waals surface area (Å²) in [4.78, 5) is 0. The highest BCUT2D eigenvalue weighted by Gasteiger charge is 1.83. The van der Waals surface area contributed by atoms with Gasteiger partial charge in [0.1, 0.15) is 0 Å². The summed E-state index contributed by atoms with van der Waals surface area (Å²) in [5, 5.41) is 38.3. The number of rotatable bonds is 2. The van der Waals surface area contributed by atoms with Gasteiger partial charge in [0.15, 0.2) is 0 Å². The summed E-state index contributed by atoms with van der Waals surface area (Å²) in [5.74, 6) is 0. The van der Waals surface area contributed by atoms with Crippen molar-refractivity contribution < 1.29 is 25.5 Å². The van der Waals surface area contributed by atoms with Crippen LogP contribution in [0.4, 0.5) is 0 Å². The van der Waals surface area contributed by atoms with Crippen molar-refractivity contribution in [1.29, 1.82) is 0 Å². The van der Waals surface area contributed by atoms with Gasteiger partial charge in [-0.05, 0) is 6.92 Å². The van der Waals surface area contributed by atoms with E-state index in [4.69, 9.17) is 25.5 Å². The predicted molar refractivity (Wildman–Crippen MR) is 41.1 cm³/mol. The first-order valence-corrected chi connectivity index (χ1v) is 3.14. The van der Waals surface area contributed by atoms with Gasteiger partial charge in [0.2, 0.25) is 0 Å². The summed E-state index contributed by atoms with van der Waals surface area (Å²) < 4.78 is 0. The van der Waals surface area contributed by atoms with Crippen molar-refractivity contribution in [2.24, 2.45) is 0 Å². The largest absolute Gasteiger partial charge is 0.400 e. The molecule has 72 valence electrons. The molecule has 0 amide bonds. The minimum absolute atomic E-state index is 0.125. The first-order chi connectivity index (χ1) is 5.18. The lowest BCUT2D eigenvalue weighted by Crippen LogP contribution is -2.03. The Morgan fingerprint density at radius 3 is 1.18 bits per heavy atom. The number of aliphatic hydroxyl groups is 5. The van der Waals surface area contributed by atoms with Gasteiger partial charge in [0.25, 0.3) is 0 Å². The van der Waals surface area contributed by atoms with Crippen molar-refractivity contribution in [2.45, 2.75) is 13.0 Å². The van der Waals surface area contributed by atoms with Crippen LogP contribution in [0.15, 0.2) is 0 Å². The van der Waals surface area contributed by atoms with E-state index >= 15 is 0 Å². The molecule has 11 heavy (non-hydrogen) atoms. The van der Waals surface area contributed by atoms with E-state index in [0.717, 1.165) is 7.11 Å². The van der Waals surface area contributed by atoms with E-state index in [0.29, 0.717) is 0 Å². The van der Waals surface area contributed by atoms with Gasteiger partial charge in [0.05, 0.1) is 25.9 Å². The van der Waals surface area contributed by atoms with Crippen molar-refractivity contribution in [3.05, 3.63) is 0 Å². The number of aliphatic hydroxyl groups excluding tert-OH is 5. The predicted octanol–water partition coefficient (Wildman–Crippen LogP) is -2.06. The van der Waals surface area contributed by atoms with Gasteiger partial charge in [-0.15, -0.1) is 0 Å². The molecule has 0 rings (SSSR count). The van der Waals surface area contributed by atoms with E-state index in [2.05, 4.69) is 0 Å². The van der Waals surface area contributed by atoms with Gasteiger partial charge in [-0.3, -0.25) is 0 Å². The molecule has 0 bridgehead atoms. The fourth-order valence-electron chi connectivity index (χ4n) is 0. The van der Waals surface area contributed by atoms with Crippen LogP contribution in [-0.4, -0.2) is 58.6 Å². The van der Waals surface area contributed by atoms with Gasteiger partial charge >= 0.3 is 0 Å². The highest BCUT2D eigenvalue weighted by atomic mass is 16.3. The van der Waals surface area contributed by atoms with Gasteiger partial charge in [-0.1, -0.05) is 0 Å². The summed E-state index contributed by atoms with van der Waals surface area (Å²) in [6.45, 7) is 1.14. The summed E-state index contributed by atoms with van der Waals surface area (Å²) in [6.07, 6.45) is -0.560. The molecule has 0 radical (unpaired) electrons. The third-order valence-corrected chi connectivity index (χ3v) is 0.364. The van der Waals surface area contributed by atoms with Crippen LogP contribution < -0.4 is 0 Å². The second kappa shape index (κ2) is 22.6. The minimum Gasteiger partial charge on any atom is -0.400 e. The molecule has 0 fully saturated rings. The molecule has 0 spiro atoms. The van der Waals surface area contributed by atoms with E-state index in [-0.39, 0.29) is 19.8 Å². The van der Waals surface area contributed by atoms with Gasteiger partial charge < -0.3 is 25.5 Å². The van der Waals surface area contributed by atoms with Crippen LogP contribution in [0.1, 0.15) is 6.92 Å². The lowest BCUT2D eigenvalue weighted by Gasteiger charge is -1.90. The number of hydrogen-bond donors (Lipinski definition) is 5. The zero-order valence-corrected chi connectivity index (χ0v) is 6.93. The molecule has 5 heteroatoms. The Bertz CT molecular complexity index is 38.0. The van der Waals surface area contributed by atoms with Crippen LogP contribution >= 0.6 is 0 Å².